The van der Waals surface area contributed by atoms with Gasteiger partial charge >= 0.3 is 0 Å². The van der Waals surface area contributed by atoms with Crippen molar-refractivity contribution in [3.8, 4) is 0 Å². The molecule has 2 atom stereocenters. The smallest absolute Gasteiger partial charge is 0.180 e. The zero-order valence-corrected chi connectivity index (χ0v) is 14.8. The van der Waals surface area contributed by atoms with Crippen LogP contribution in [0.5, 0.6) is 0 Å². The van der Waals surface area contributed by atoms with Gasteiger partial charge in [0.2, 0.25) is 0 Å². The molecule has 1 fully saturated rings. The van der Waals surface area contributed by atoms with Crippen LogP contribution in [-0.2, 0) is 19.0 Å². The Bertz CT molecular complexity index is 501. The van der Waals surface area contributed by atoms with Crippen molar-refractivity contribution in [1.82, 2.24) is 0 Å². The van der Waals surface area contributed by atoms with Gasteiger partial charge in [-0.05, 0) is 47.1 Å². The predicted octanol–water partition coefficient (Wildman–Crippen LogP) is 3.48. The van der Waals surface area contributed by atoms with Crippen molar-refractivity contribution in [3.63, 3.8) is 0 Å². The van der Waals surface area contributed by atoms with Gasteiger partial charge in [0.15, 0.2) is 17.7 Å². The molecule has 1 aromatic rings. The van der Waals surface area contributed by atoms with Crippen molar-refractivity contribution >= 4 is 28.9 Å². The quantitative estimate of drug-likeness (QED) is 0.538. The number of hydrogen-bond acceptors (Lipinski definition) is 4. The summed E-state index contributed by atoms with van der Waals surface area (Å²) in [7, 11) is 1.57. The average molecular weight is 404 g/mol. The van der Waals surface area contributed by atoms with Crippen molar-refractivity contribution < 1.29 is 19.0 Å². The second-order valence-electron chi connectivity index (χ2n) is 5.25. The molecular formula is C16H21IO4. The van der Waals surface area contributed by atoms with Gasteiger partial charge < -0.3 is 14.2 Å². The maximum absolute atomic E-state index is 11.8. The number of methoxy groups -OCH3 is 1. The first-order valence-electron chi connectivity index (χ1n) is 7.14. The third-order valence-corrected chi connectivity index (χ3v) is 4.97. The summed E-state index contributed by atoms with van der Waals surface area (Å²) in [6.07, 6.45) is 1.74. The first-order valence-corrected chi connectivity index (χ1v) is 8.22. The monoisotopic (exact) mass is 404 g/mol. The summed E-state index contributed by atoms with van der Waals surface area (Å²) in [6.45, 7) is 4.18. The lowest BCUT2D eigenvalue weighted by atomic mass is 9.93. The lowest BCUT2D eigenvalue weighted by Gasteiger charge is -2.28. The van der Waals surface area contributed by atoms with Crippen LogP contribution in [0.4, 0.5) is 0 Å². The van der Waals surface area contributed by atoms with E-state index in [0.717, 1.165) is 15.4 Å². The first kappa shape index (κ1) is 16.9. The molecule has 0 aromatic heterocycles. The lowest BCUT2D eigenvalue weighted by Crippen LogP contribution is -2.43. The van der Waals surface area contributed by atoms with Crippen LogP contribution >= 0.6 is 22.6 Å². The van der Waals surface area contributed by atoms with Gasteiger partial charge in [0, 0.05) is 10.7 Å². The molecule has 116 valence electrons. The summed E-state index contributed by atoms with van der Waals surface area (Å²) >= 11 is 2.26. The molecule has 1 aliphatic heterocycles. The van der Waals surface area contributed by atoms with Gasteiger partial charge in [-0.15, -0.1) is 0 Å². The number of ether oxygens (including phenoxy) is 3. The molecule has 1 saturated heterocycles. The SMILES string of the molecule is CCC1(CC)O[C@@H](c2ccccc2I)[C@@](C=O)(COC)O1. The zero-order chi connectivity index (χ0) is 15.5. The molecule has 21 heavy (non-hydrogen) atoms. The van der Waals surface area contributed by atoms with Crippen LogP contribution < -0.4 is 0 Å². The van der Waals surface area contributed by atoms with Crippen molar-refractivity contribution in [2.75, 3.05) is 13.7 Å². The van der Waals surface area contributed by atoms with Crippen molar-refractivity contribution in [3.05, 3.63) is 33.4 Å². The van der Waals surface area contributed by atoms with E-state index in [9.17, 15) is 4.79 Å². The fourth-order valence-electron chi connectivity index (χ4n) is 2.76. The van der Waals surface area contributed by atoms with E-state index in [2.05, 4.69) is 22.6 Å². The van der Waals surface area contributed by atoms with Crippen molar-refractivity contribution in [1.29, 1.82) is 0 Å². The first-order chi connectivity index (χ1) is 10.1. The second-order valence-corrected chi connectivity index (χ2v) is 6.41. The largest absolute Gasteiger partial charge is 0.381 e. The number of aldehydes is 1. The Hall–Kier alpha value is -0.500. The molecular weight excluding hydrogens is 383 g/mol. The molecule has 1 aromatic carbocycles. The normalized spacial score (nSPS) is 27.7. The van der Waals surface area contributed by atoms with Crippen LogP contribution in [0, 0.1) is 3.57 Å². The van der Waals surface area contributed by atoms with Crippen LogP contribution in [0.15, 0.2) is 24.3 Å². The Labute approximate surface area is 139 Å². The summed E-state index contributed by atoms with van der Waals surface area (Å²) < 4.78 is 18.7. The van der Waals surface area contributed by atoms with E-state index in [1.165, 1.54) is 0 Å². The van der Waals surface area contributed by atoms with Crippen molar-refractivity contribution in [2.45, 2.75) is 44.2 Å². The zero-order valence-electron chi connectivity index (χ0n) is 12.6. The van der Waals surface area contributed by atoms with Gasteiger partial charge in [-0.2, -0.15) is 0 Å². The Balaban J connectivity index is 2.49. The highest BCUT2D eigenvalue weighted by Crippen LogP contribution is 2.48. The van der Waals surface area contributed by atoms with E-state index < -0.39 is 17.5 Å². The third-order valence-electron chi connectivity index (χ3n) is 3.99. The van der Waals surface area contributed by atoms with E-state index >= 15 is 0 Å². The molecule has 0 aliphatic carbocycles. The van der Waals surface area contributed by atoms with Gasteiger partial charge in [0.05, 0.1) is 6.61 Å². The van der Waals surface area contributed by atoms with Crippen LogP contribution in [-0.4, -0.2) is 31.4 Å². The van der Waals surface area contributed by atoms with Gasteiger partial charge in [-0.25, -0.2) is 0 Å². The molecule has 2 rings (SSSR count). The van der Waals surface area contributed by atoms with Gasteiger partial charge in [-0.3, -0.25) is 4.79 Å². The molecule has 1 aliphatic rings. The molecule has 0 saturated carbocycles. The van der Waals surface area contributed by atoms with E-state index in [1.807, 2.05) is 38.1 Å². The minimum Gasteiger partial charge on any atom is -0.381 e. The molecule has 0 spiro atoms. The fourth-order valence-corrected chi connectivity index (χ4v) is 3.43. The number of carbonyl (C=O) groups is 1. The standard InChI is InChI=1S/C16H21IO4/c1-4-16(5-2)20-14(12-8-6-7-9-13(12)17)15(10-18,21-16)11-19-3/h6-10,14H,4-5,11H2,1-3H3/t14-,15+/m0/s1. The summed E-state index contributed by atoms with van der Waals surface area (Å²) in [5, 5.41) is 0. The molecule has 0 unspecified atom stereocenters. The second kappa shape index (κ2) is 6.73. The maximum Gasteiger partial charge on any atom is 0.180 e. The highest BCUT2D eigenvalue weighted by Gasteiger charge is 2.57. The molecule has 5 heteroatoms. The van der Waals surface area contributed by atoms with Crippen LogP contribution in [0.25, 0.3) is 0 Å². The molecule has 0 amide bonds. The third kappa shape index (κ3) is 3.02. The summed E-state index contributed by atoms with van der Waals surface area (Å²) in [6, 6.07) is 7.89. The Morgan fingerprint density at radius 1 is 1.33 bits per heavy atom. The number of halogens is 1. The minimum absolute atomic E-state index is 0.174. The Morgan fingerprint density at radius 2 is 2.00 bits per heavy atom. The Kier molecular flexibility index (Phi) is 5.40. The molecule has 1 heterocycles. The summed E-state index contributed by atoms with van der Waals surface area (Å²) in [5.41, 5.74) is -0.131. The van der Waals surface area contributed by atoms with Crippen LogP contribution in [0.1, 0.15) is 38.4 Å². The summed E-state index contributed by atoms with van der Waals surface area (Å²) in [4.78, 5) is 11.8. The molecule has 0 radical (unpaired) electrons. The van der Waals surface area contributed by atoms with E-state index in [1.54, 1.807) is 7.11 Å². The van der Waals surface area contributed by atoms with Crippen LogP contribution in [0.2, 0.25) is 0 Å². The van der Waals surface area contributed by atoms with Crippen molar-refractivity contribution in [2.24, 2.45) is 0 Å². The topological polar surface area (TPSA) is 44.8 Å². The number of hydrogen-bond donors (Lipinski definition) is 0. The maximum atomic E-state index is 11.8. The van der Waals surface area contributed by atoms with Gasteiger partial charge in [0.1, 0.15) is 6.10 Å². The fraction of sp³-hybridized carbons (Fsp3) is 0.562. The number of carbonyl (C=O) groups excluding carboxylic acids is 1. The Morgan fingerprint density at radius 3 is 2.52 bits per heavy atom. The minimum atomic E-state index is -1.10. The van der Waals surface area contributed by atoms with E-state index in [0.29, 0.717) is 12.8 Å². The number of rotatable bonds is 6. The van der Waals surface area contributed by atoms with Gasteiger partial charge in [-0.1, -0.05) is 32.0 Å². The predicted molar refractivity (Wildman–Crippen MR) is 88.1 cm³/mol. The number of benzene rings is 1. The van der Waals surface area contributed by atoms with E-state index in [-0.39, 0.29) is 6.61 Å². The highest BCUT2D eigenvalue weighted by atomic mass is 127. The van der Waals surface area contributed by atoms with Gasteiger partial charge in [0.25, 0.3) is 0 Å². The lowest BCUT2D eigenvalue weighted by molar-refractivity contribution is -0.197. The molecule has 4 nitrogen and oxygen atoms in total. The van der Waals surface area contributed by atoms with Crippen LogP contribution in [0.3, 0.4) is 0 Å². The molecule has 0 N–H and O–H groups in total. The highest BCUT2D eigenvalue weighted by molar-refractivity contribution is 14.1. The van der Waals surface area contributed by atoms with E-state index in [4.69, 9.17) is 14.2 Å². The molecule has 0 bridgehead atoms. The summed E-state index contributed by atoms with van der Waals surface area (Å²) in [5.74, 6) is -0.733. The average Bonchev–Trinajstić information content (AvgIpc) is 2.84.